The molecule has 2 rings (SSSR count). The van der Waals surface area contributed by atoms with E-state index in [2.05, 4.69) is 16.6 Å². The van der Waals surface area contributed by atoms with Gasteiger partial charge >= 0.3 is 5.97 Å². The third kappa shape index (κ3) is 3.16. The maximum absolute atomic E-state index is 11.5. The Morgan fingerprint density at radius 2 is 2.37 bits per heavy atom. The summed E-state index contributed by atoms with van der Waals surface area (Å²) in [7, 11) is 1.34. The number of aliphatic hydroxyl groups is 1. The lowest BCUT2D eigenvalue weighted by molar-refractivity contribution is 0.0229. The third-order valence-corrected chi connectivity index (χ3v) is 3.72. The van der Waals surface area contributed by atoms with Crippen molar-refractivity contribution in [2.45, 2.75) is 32.9 Å². The van der Waals surface area contributed by atoms with E-state index in [-0.39, 0.29) is 11.9 Å². The normalized spacial score (nSPS) is 24.4. The molecule has 0 amide bonds. The van der Waals surface area contributed by atoms with E-state index >= 15 is 0 Å². The van der Waals surface area contributed by atoms with Gasteiger partial charge in [0.1, 0.15) is 5.76 Å². The molecule has 1 fully saturated rings. The van der Waals surface area contributed by atoms with Crippen molar-refractivity contribution in [3.63, 3.8) is 0 Å². The van der Waals surface area contributed by atoms with Crippen LogP contribution in [0.2, 0.25) is 0 Å². The third-order valence-electron chi connectivity index (χ3n) is 3.72. The van der Waals surface area contributed by atoms with E-state index in [1.807, 2.05) is 13.0 Å². The lowest BCUT2D eigenvalue weighted by atomic mass is 9.96. The summed E-state index contributed by atoms with van der Waals surface area (Å²) in [5.74, 6) is 0.902. The van der Waals surface area contributed by atoms with Gasteiger partial charge in [0.05, 0.1) is 19.8 Å². The summed E-state index contributed by atoms with van der Waals surface area (Å²) >= 11 is 0. The molecule has 5 heteroatoms. The van der Waals surface area contributed by atoms with Gasteiger partial charge in [0.25, 0.3) is 0 Å². The number of esters is 1. The number of aliphatic hydroxyl groups excluding tert-OH is 1. The zero-order valence-corrected chi connectivity index (χ0v) is 11.7. The number of carbonyl (C=O) groups is 1. The molecule has 1 aromatic heterocycles. The Kier molecular flexibility index (Phi) is 4.27. The number of ether oxygens (including phenoxy) is 1. The molecule has 2 unspecified atom stereocenters. The molecule has 1 saturated heterocycles. The molecule has 2 heterocycles. The fourth-order valence-corrected chi connectivity index (χ4v) is 2.40. The lowest BCUT2D eigenvalue weighted by Crippen LogP contribution is -2.42. The summed E-state index contributed by atoms with van der Waals surface area (Å²) in [4.78, 5) is 13.6. The fraction of sp³-hybridized carbons (Fsp3) is 0.643. The van der Waals surface area contributed by atoms with E-state index in [1.54, 1.807) is 0 Å². The van der Waals surface area contributed by atoms with Crippen molar-refractivity contribution in [2.24, 2.45) is 5.92 Å². The molecule has 5 nitrogen and oxygen atoms in total. The topological polar surface area (TPSA) is 62.9 Å². The van der Waals surface area contributed by atoms with E-state index in [0.717, 1.165) is 24.3 Å². The van der Waals surface area contributed by atoms with Gasteiger partial charge in [-0.3, -0.25) is 4.90 Å². The second-order valence-electron chi connectivity index (χ2n) is 5.28. The molecule has 1 aliphatic rings. The Labute approximate surface area is 113 Å². The monoisotopic (exact) mass is 267 g/mol. The summed E-state index contributed by atoms with van der Waals surface area (Å²) in [5, 5.41) is 9.87. The molecule has 0 saturated carbocycles. The van der Waals surface area contributed by atoms with Crippen LogP contribution in [0.25, 0.3) is 0 Å². The van der Waals surface area contributed by atoms with Gasteiger partial charge in [-0.2, -0.15) is 0 Å². The Bertz CT molecular complexity index is 454. The van der Waals surface area contributed by atoms with Crippen LogP contribution in [0.15, 0.2) is 10.5 Å². The Balaban J connectivity index is 2.02. The molecule has 19 heavy (non-hydrogen) atoms. The van der Waals surface area contributed by atoms with E-state index in [0.29, 0.717) is 19.0 Å². The van der Waals surface area contributed by atoms with Crippen LogP contribution in [-0.2, 0) is 11.3 Å². The Morgan fingerprint density at radius 1 is 1.63 bits per heavy atom. The first-order valence-corrected chi connectivity index (χ1v) is 6.59. The van der Waals surface area contributed by atoms with Crippen LogP contribution in [0.4, 0.5) is 0 Å². The van der Waals surface area contributed by atoms with E-state index in [9.17, 15) is 9.90 Å². The minimum Gasteiger partial charge on any atom is -0.463 e. The SMILES string of the molecule is COC(=O)c1oc(CN2CCC(C)C(O)C2)cc1C. The van der Waals surface area contributed by atoms with Crippen LogP contribution in [-0.4, -0.2) is 42.3 Å². The molecular formula is C14H21NO4. The molecule has 106 valence electrons. The van der Waals surface area contributed by atoms with E-state index < -0.39 is 5.97 Å². The number of likely N-dealkylation sites (tertiary alicyclic amines) is 1. The molecular weight excluding hydrogens is 246 g/mol. The van der Waals surface area contributed by atoms with Crippen molar-refractivity contribution in [1.29, 1.82) is 0 Å². The first-order valence-electron chi connectivity index (χ1n) is 6.59. The van der Waals surface area contributed by atoms with Crippen molar-refractivity contribution >= 4 is 5.97 Å². The molecule has 0 aromatic carbocycles. The van der Waals surface area contributed by atoms with Gasteiger partial charge in [-0.25, -0.2) is 4.79 Å². The van der Waals surface area contributed by atoms with E-state index in [1.165, 1.54) is 7.11 Å². The number of rotatable bonds is 3. The number of hydrogen-bond acceptors (Lipinski definition) is 5. The molecule has 2 atom stereocenters. The van der Waals surface area contributed by atoms with Gasteiger partial charge in [-0.1, -0.05) is 6.92 Å². The van der Waals surface area contributed by atoms with Crippen LogP contribution in [0, 0.1) is 12.8 Å². The minimum absolute atomic E-state index is 0.267. The second kappa shape index (κ2) is 5.75. The number of carbonyl (C=O) groups excluding carboxylic acids is 1. The molecule has 1 aliphatic heterocycles. The van der Waals surface area contributed by atoms with Crippen molar-refractivity contribution < 1.29 is 19.1 Å². The predicted octanol–water partition coefficient (Wildman–Crippen LogP) is 1.58. The van der Waals surface area contributed by atoms with Gasteiger partial charge in [-0.05, 0) is 31.9 Å². The quantitative estimate of drug-likeness (QED) is 0.842. The van der Waals surface area contributed by atoms with Crippen LogP contribution in [0.3, 0.4) is 0 Å². The summed E-state index contributed by atoms with van der Waals surface area (Å²) in [6, 6.07) is 1.86. The summed E-state index contributed by atoms with van der Waals surface area (Å²) in [5.41, 5.74) is 0.785. The van der Waals surface area contributed by atoms with Gasteiger partial charge in [-0.15, -0.1) is 0 Å². The van der Waals surface area contributed by atoms with Crippen molar-refractivity contribution in [3.8, 4) is 0 Å². The van der Waals surface area contributed by atoms with Gasteiger partial charge < -0.3 is 14.3 Å². The highest BCUT2D eigenvalue weighted by Crippen LogP contribution is 2.21. The minimum atomic E-state index is -0.448. The zero-order valence-electron chi connectivity index (χ0n) is 11.7. The van der Waals surface area contributed by atoms with Crippen molar-refractivity contribution in [2.75, 3.05) is 20.2 Å². The fourth-order valence-electron chi connectivity index (χ4n) is 2.40. The second-order valence-corrected chi connectivity index (χ2v) is 5.28. The maximum Gasteiger partial charge on any atom is 0.374 e. The van der Waals surface area contributed by atoms with Crippen LogP contribution in [0.5, 0.6) is 0 Å². The average molecular weight is 267 g/mol. The highest BCUT2D eigenvalue weighted by Gasteiger charge is 2.25. The predicted molar refractivity (Wildman–Crippen MR) is 69.8 cm³/mol. The number of hydrogen-bond donors (Lipinski definition) is 1. The van der Waals surface area contributed by atoms with Gasteiger partial charge in [0, 0.05) is 12.1 Å². The molecule has 0 bridgehead atoms. The number of furan rings is 1. The Morgan fingerprint density at radius 3 is 3.00 bits per heavy atom. The largest absolute Gasteiger partial charge is 0.463 e. The first kappa shape index (κ1) is 14.1. The van der Waals surface area contributed by atoms with Crippen molar-refractivity contribution in [1.82, 2.24) is 4.90 Å². The molecule has 0 spiro atoms. The van der Waals surface area contributed by atoms with Crippen molar-refractivity contribution in [3.05, 3.63) is 23.2 Å². The molecule has 0 aliphatic carbocycles. The summed E-state index contributed by atoms with van der Waals surface area (Å²) in [6.07, 6.45) is 0.690. The highest BCUT2D eigenvalue weighted by molar-refractivity contribution is 5.87. The Hall–Kier alpha value is -1.33. The molecule has 1 N–H and O–H groups in total. The van der Waals surface area contributed by atoms with Crippen LogP contribution >= 0.6 is 0 Å². The molecule has 1 aromatic rings. The number of β-amino-alcohol motifs (C(OH)–C–C–N with tert-alkyl or cyclic N) is 1. The number of methoxy groups -OCH3 is 1. The smallest absolute Gasteiger partial charge is 0.374 e. The standard InChI is InChI=1S/C14H21NO4/c1-9-4-5-15(8-12(9)16)7-11-6-10(2)13(19-11)14(17)18-3/h6,9,12,16H,4-5,7-8H2,1-3H3. The summed E-state index contributed by atoms with van der Waals surface area (Å²) < 4.78 is 10.2. The lowest BCUT2D eigenvalue weighted by Gasteiger charge is -2.33. The van der Waals surface area contributed by atoms with E-state index in [4.69, 9.17) is 4.42 Å². The zero-order chi connectivity index (χ0) is 14.0. The molecule has 0 radical (unpaired) electrons. The number of nitrogens with zero attached hydrogens (tertiary/aromatic N) is 1. The highest BCUT2D eigenvalue weighted by atomic mass is 16.5. The summed E-state index contributed by atoms with van der Waals surface area (Å²) in [6.45, 7) is 6.09. The maximum atomic E-state index is 11.5. The van der Waals surface area contributed by atoms with Gasteiger partial charge in [0.2, 0.25) is 5.76 Å². The van der Waals surface area contributed by atoms with Crippen LogP contribution < -0.4 is 0 Å². The number of aryl methyl sites for hydroxylation is 1. The van der Waals surface area contributed by atoms with Crippen LogP contribution in [0.1, 0.15) is 35.2 Å². The average Bonchev–Trinajstić information content (AvgIpc) is 2.74. The number of piperidine rings is 1. The first-order chi connectivity index (χ1) is 9.01. The van der Waals surface area contributed by atoms with Gasteiger partial charge in [0.15, 0.2) is 0 Å².